The second-order valence-electron chi connectivity index (χ2n) is 8.52. The molecule has 1 N–H and O–H groups in total. The van der Waals surface area contributed by atoms with Gasteiger partial charge in [0.1, 0.15) is 11.5 Å². The lowest BCUT2D eigenvalue weighted by atomic mass is 9.94. The first-order valence-electron chi connectivity index (χ1n) is 11.6. The molecule has 1 aliphatic heterocycles. The maximum absolute atomic E-state index is 13.2. The summed E-state index contributed by atoms with van der Waals surface area (Å²) in [5.41, 5.74) is 2.72. The van der Waals surface area contributed by atoms with Gasteiger partial charge in [0.15, 0.2) is 0 Å². The number of hydrogen-bond donors (Lipinski definition) is 1. The number of hydrogen-bond acceptors (Lipinski definition) is 5. The van der Waals surface area contributed by atoms with Gasteiger partial charge in [-0.1, -0.05) is 43.1 Å². The molecule has 180 valence electrons. The number of likely N-dealkylation sites (tertiary alicyclic amines) is 1. The molecule has 1 saturated heterocycles. The lowest BCUT2D eigenvalue weighted by Crippen LogP contribution is -2.29. The van der Waals surface area contributed by atoms with Crippen molar-refractivity contribution >= 4 is 29.1 Å². The first-order chi connectivity index (χ1) is 16.9. The van der Waals surface area contributed by atoms with Crippen LogP contribution >= 0.6 is 11.6 Å². The predicted octanol–water partition coefficient (Wildman–Crippen LogP) is 5.84. The minimum atomic E-state index is -0.771. The number of unbranched alkanes of at least 4 members (excludes halogenated alkanes) is 1. The number of aliphatic hydroxyl groups is 1. The predicted molar refractivity (Wildman–Crippen MR) is 135 cm³/mol. The molecule has 1 aliphatic rings. The summed E-state index contributed by atoms with van der Waals surface area (Å²) in [7, 11) is 0. The Labute approximate surface area is 209 Å². The van der Waals surface area contributed by atoms with Crippen LogP contribution in [0.4, 0.5) is 0 Å². The van der Waals surface area contributed by atoms with E-state index in [1.165, 1.54) is 4.90 Å². The van der Waals surface area contributed by atoms with Crippen molar-refractivity contribution in [3.8, 4) is 5.75 Å². The summed E-state index contributed by atoms with van der Waals surface area (Å²) in [6.07, 6.45) is 5.27. The van der Waals surface area contributed by atoms with Gasteiger partial charge in [0.25, 0.3) is 11.7 Å². The molecule has 1 amide bonds. The quantitative estimate of drug-likeness (QED) is 0.185. The van der Waals surface area contributed by atoms with Crippen LogP contribution in [0, 0.1) is 6.92 Å². The Morgan fingerprint density at radius 1 is 1.14 bits per heavy atom. The lowest BCUT2D eigenvalue weighted by Gasteiger charge is -2.25. The third kappa shape index (κ3) is 5.23. The van der Waals surface area contributed by atoms with Crippen LogP contribution in [-0.4, -0.2) is 33.3 Å². The normalized spacial score (nSPS) is 17.1. The van der Waals surface area contributed by atoms with Crippen LogP contribution in [0.1, 0.15) is 48.1 Å². The van der Waals surface area contributed by atoms with E-state index in [2.05, 4.69) is 11.9 Å². The Kier molecular flexibility index (Phi) is 7.51. The summed E-state index contributed by atoms with van der Waals surface area (Å²) in [5.74, 6) is -0.921. The molecule has 0 unspecified atom stereocenters. The summed E-state index contributed by atoms with van der Waals surface area (Å²) < 4.78 is 5.77. The maximum Gasteiger partial charge on any atom is 0.295 e. The molecule has 0 radical (unpaired) electrons. The highest BCUT2D eigenvalue weighted by Crippen LogP contribution is 2.41. The molecule has 3 aromatic rings. The number of ether oxygens (including phenoxy) is 1. The fourth-order valence-corrected chi connectivity index (χ4v) is 4.32. The summed E-state index contributed by atoms with van der Waals surface area (Å²) >= 11 is 6.09. The zero-order valence-corrected chi connectivity index (χ0v) is 20.5. The number of pyridine rings is 1. The second kappa shape index (κ2) is 10.7. The summed E-state index contributed by atoms with van der Waals surface area (Å²) in [4.78, 5) is 32.0. The lowest BCUT2D eigenvalue weighted by molar-refractivity contribution is -0.140. The van der Waals surface area contributed by atoms with Crippen LogP contribution in [0.15, 0.2) is 72.6 Å². The van der Waals surface area contributed by atoms with E-state index in [4.69, 9.17) is 16.3 Å². The van der Waals surface area contributed by atoms with Crippen molar-refractivity contribution < 1.29 is 19.4 Å². The molecule has 35 heavy (non-hydrogen) atoms. The van der Waals surface area contributed by atoms with Gasteiger partial charge in [0, 0.05) is 29.5 Å². The molecule has 1 aromatic heterocycles. The topological polar surface area (TPSA) is 79.7 Å². The maximum atomic E-state index is 13.2. The Bertz CT molecular complexity index is 1260. The number of halogens is 1. The molecule has 0 spiro atoms. The highest BCUT2D eigenvalue weighted by molar-refractivity contribution is 6.46. The van der Waals surface area contributed by atoms with Gasteiger partial charge in [0.2, 0.25) is 0 Å². The number of benzene rings is 2. The molecule has 2 heterocycles. The number of rotatable bonds is 8. The number of ketones is 1. The number of amides is 1. The van der Waals surface area contributed by atoms with Gasteiger partial charge < -0.3 is 14.7 Å². The van der Waals surface area contributed by atoms with E-state index in [-0.39, 0.29) is 17.9 Å². The molecule has 0 bridgehead atoms. The molecule has 2 aromatic carbocycles. The monoisotopic (exact) mass is 490 g/mol. The Morgan fingerprint density at radius 3 is 2.57 bits per heavy atom. The van der Waals surface area contributed by atoms with Gasteiger partial charge in [-0.25, -0.2) is 0 Å². The van der Waals surface area contributed by atoms with E-state index in [0.717, 1.165) is 24.0 Å². The fraction of sp³-hybridized carbons (Fsp3) is 0.250. The molecule has 4 rings (SSSR count). The van der Waals surface area contributed by atoms with Gasteiger partial charge in [-0.05, 0) is 66.4 Å². The van der Waals surface area contributed by atoms with Crippen LogP contribution in [0.3, 0.4) is 0 Å². The van der Waals surface area contributed by atoms with E-state index >= 15 is 0 Å². The Hall–Kier alpha value is -3.64. The van der Waals surface area contributed by atoms with E-state index in [0.29, 0.717) is 28.5 Å². The van der Waals surface area contributed by atoms with E-state index in [1.807, 2.05) is 19.1 Å². The van der Waals surface area contributed by atoms with E-state index in [9.17, 15) is 14.7 Å². The van der Waals surface area contributed by atoms with Crippen molar-refractivity contribution in [1.82, 2.24) is 9.88 Å². The average Bonchev–Trinajstić information content (AvgIpc) is 3.10. The minimum Gasteiger partial charge on any atom is -0.507 e. The third-order valence-electron chi connectivity index (χ3n) is 6.02. The number of carbonyl (C=O) groups excluding carboxylic acids is 2. The molecule has 6 nitrogen and oxygen atoms in total. The van der Waals surface area contributed by atoms with Crippen LogP contribution < -0.4 is 4.74 Å². The van der Waals surface area contributed by atoms with Crippen molar-refractivity contribution in [3.63, 3.8) is 0 Å². The SMILES string of the molecule is CCCCOc1ccc(C(O)=C2C(=O)C(=O)N(Cc3cccnc3)[C@H]2c2ccc(Cl)cc2)c(C)c1. The standard InChI is InChI=1S/C28H27ClN2O4/c1-3-4-14-35-22-11-12-23(18(2)15-22)26(32)24-25(20-7-9-21(29)10-8-20)31(28(34)27(24)33)17-19-6-5-13-30-16-19/h5-13,15-16,25,32H,3-4,14,17H2,1-2H3/t25-/m0/s1. The Morgan fingerprint density at radius 2 is 1.91 bits per heavy atom. The number of aliphatic hydroxyl groups excluding tert-OH is 1. The highest BCUT2D eigenvalue weighted by Gasteiger charge is 2.46. The summed E-state index contributed by atoms with van der Waals surface area (Å²) in [6, 6.07) is 15.1. The second-order valence-corrected chi connectivity index (χ2v) is 8.95. The van der Waals surface area contributed by atoms with Gasteiger partial charge in [-0.3, -0.25) is 14.6 Å². The van der Waals surface area contributed by atoms with Crippen molar-refractivity contribution in [1.29, 1.82) is 0 Å². The van der Waals surface area contributed by atoms with Gasteiger partial charge >= 0.3 is 0 Å². The first kappa shape index (κ1) is 24.5. The molecule has 1 atom stereocenters. The molecular formula is C28H27ClN2O4. The van der Waals surface area contributed by atoms with E-state index < -0.39 is 17.7 Å². The van der Waals surface area contributed by atoms with Crippen molar-refractivity contribution in [3.05, 3.63) is 99.8 Å². The average molecular weight is 491 g/mol. The summed E-state index contributed by atoms with van der Waals surface area (Å²) in [5, 5.41) is 11.9. The Balaban J connectivity index is 1.78. The van der Waals surface area contributed by atoms with Crippen LogP contribution in [0.25, 0.3) is 5.76 Å². The van der Waals surface area contributed by atoms with Gasteiger partial charge in [-0.15, -0.1) is 0 Å². The number of nitrogens with zero attached hydrogens (tertiary/aromatic N) is 2. The van der Waals surface area contributed by atoms with Gasteiger partial charge in [0.05, 0.1) is 18.2 Å². The summed E-state index contributed by atoms with van der Waals surface area (Å²) in [6.45, 7) is 4.71. The van der Waals surface area contributed by atoms with E-state index in [1.54, 1.807) is 54.9 Å². The van der Waals surface area contributed by atoms with Crippen LogP contribution in [0.5, 0.6) is 5.75 Å². The molecule has 0 aliphatic carbocycles. The fourth-order valence-electron chi connectivity index (χ4n) is 4.19. The molecule has 7 heteroatoms. The highest BCUT2D eigenvalue weighted by atomic mass is 35.5. The van der Waals surface area contributed by atoms with Crippen molar-refractivity contribution in [2.45, 2.75) is 39.3 Å². The smallest absolute Gasteiger partial charge is 0.295 e. The van der Waals surface area contributed by atoms with Crippen LogP contribution in [-0.2, 0) is 16.1 Å². The minimum absolute atomic E-state index is 0.0453. The zero-order valence-electron chi connectivity index (χ0n) is 19.7. The number of Topliss-reactive ketones (excluding diaryl/α,β-unsaturated/α-hetero) is 1. The van der Waals surface area contributed by atoms with Crippen molar-refractivity contribution in [2.75, 3.05) is 6.61 Å². The third-order valence-corrected chi connectivity index (χ3v) is 6.27. The van der Waals surface area contributed by atoms with Gasteiger partial charge in [-0.2, -0.15) is 0 Å². The van der Waals surface area contributed by atoms with Crippen molar-refractivity contribution in [2.24, 2.45) is 0 Å². The molecular weight excluding hydrogens is 464 g/mol. The number of aromatic nitrogens is 1. The largest absolute Gasteiger partial charge is 0.507 e. The first-order valence-corrected chi connectivity index (χ1v) is 11.9. The van der Waals surface area contributed by atoms with Crippen LogP contribution in [0.2, 0.25) is 5.02 Å². The molecule has 1 fully saturated rings. The zero-order chi connectivity index (χ0) is 24.9. The number of carbonyl (C=O) groups is 2. The number of aryl methyl sites for hydroxylation is 1. The molecule has 0 saturated carbocycles.